The molecule has 0 radical (unpaired) electrons. The lowest BCUT2D eigenvalue weighted by molar-refractivity contribution is 0.816. The number of pyridine rings is 1. The van der Waals surface area contributed by atoms with E-state index in [2.05, 4.69) is 22.4 Å². The Labute approximate surface area is 77.4 Å². The molecule has 3 nitrogen and oxygen atoms in total. The van der Waals surface area contributed by atoms with Crippen LogP contribution < -0.4 is 5.32 Å². The van der Waals surface area contributed by atoms with Gasteiger partial charge in [0.15, 0.2) is 0 Å². The molecule has 13 heavy (non-hydrogen) atoms. The van der Waals surface area contributed by atoms with Gasteiger partial charge in [-0.25, -0.2) is 4.98 Å². The van der Waals surface area contributed by atoms with Crippen molar-refractivity contribution in [2.45, 2.75) is 13.5 Å². The van der Waals surface area contributed by atoms with Crippen LogP contribution in [0.5, 0.6) is 0 Å². The Morgan fingerprint density at radius 3 is 3.15 bits per heavy atom. The highest BCUT2D eigenvalue weighted by Gasteiger charge is 1.99. The smallest absolute Gasteiger partial charge is 0.0995 e. The fourth-order valence-electron chi connectivity index (χ4n) is 1.48. The minimum absolute atomic E-state index is 0.904. The van der Waals surface area contributed by atoms with Crippen LogP contribution in [-0.4, -0.2) is 16.4 Å². The molecule has 0 saturated heterocycles. The summed E-state index contributed by atoms with van der Waals surface area (Å²) >= 11 is 0. The van der Waals surface area contributed by atoms with Crippen LogP contribution in [0, 0.1) is 6.92 Å². The van der Waals surface area contributed by atoms with Gasteiger partial charge in [0.05, 0.1) is 17.5 Å². The number of nitrogens with zero attached hydrogens (tertiary/aromatic N) is 2. The van der Waals surface area contributed by atoms with Crippen molar-refractivity contribution in [2.75, 3.05) is 7.05 Å². The van der Waals surface area contributed by atoms with Gasteiger partial charge in [0.2, 0.25) is 0 Å². The van der Waals surface area contributed by atoms with E-state index in [9.17, 15) is 0 Å². The quantitative estimate of drug-likeness (QED) is 0.746. The second-order valence-electron chi connectivity index (χ2n) is 3.19. The third-order valence-corrected chi connectivity index (χ3v) is 2.18. The molecular formula is C10H13N3. The Morgan fingerprint density at radius 1 is 1.54 bits per heavy atom. The largest absolute Gasteiger partial charge is 0.316 e. The van der Waals surface area contributed by atoms with Crippen molar-refractivity contribution in [1.82, 2.24) is 14.7 Å². The molecule has 0 spiro atoms. The first-order valence-electron chi connectivity index (χ1n) is 4.38. The number of fused-ring (bicyclic) bond motifs is 1. The molecule has 0 aliphatic heterocycles. The number of hydrogen-bond acceptors (Lipinski definition) is 2. The molecule has 0 bridgehead atoms. The summed E-state index contributed by atoms with van der Waals surface area (Å²) in [6.07, 6.45) is 3.88. The molecule has 68 valence electrons. The van der Waals surface area contributed by atoms with Crippen molar-refractivity contribution in [3.05, 3.63) is 35.9 Å². The predicted molar refractivity (Wildman–Crippen MR) is 52.7 cm³/mol. The molecule has 3 heteroatoms. The molecule has 0 atom stereocenters. The molecule has 1 N–H and O–H groups in total. The van der Waals surface area contributed by atoms with Crippen molar-refractivity contribution >= 4 is 5.52 Å². The highest BCUT2D eigenvalue weighted by molar-refractivity contribution is 5.53. The first-order chi connectivity index (χ1) is 6.31. The van der Waals surface area contributed by atoms with Crippen LogP contribution in [0.25, 0.3) is 5.52 Å². The van der Waals surface area contributed by atoms with E-state index in [1.165, 1.54) is 11.1 Å². The van der Waals surface area contributed by atoms with Crippen LogP contribution in [0.4, 0.5) is 0 Å². The van der Waals surface area contributed by atoms with E-state index in [1.54, 1.807) is 0 Å². The summed E-state index contributed by atoms with van der Waals surface area (Å²) < 4.78 is 2.04. The minimum atomic E-state index is 0.904. The second-order valence-corrected chi connectivity index (χ2v) is 3.19. The van der Waals surface area contributed by atoms with Crippen molar-refractivity contribution in [3.8, 4) is 0 Å². The fraction of sp³-hybridized carbons (Fsp3) is 0.300. The standard InChI is InChI=1S/C10H13N3/c1-8-10-5-9(6-11-2)3-4-13(10)7-12-8/h3-5,7,11H,6H2,1-2H3. The van der Waals surface area contributed by atoms with Crippen LogP contribution in [-0.2, 0) is 6.54 Å². The third kappa shape index (κ3) is 1.42. The first-order valence-corrected chi connectivity index (χ1v) is 4.38. The fourth-order valence-corrected chi connectivity index (χ4v) is 1.48. The molecule has 2 rings (SSSR count). The van der Waals surface area contributed by atoms with E-state index < -0.39 is 0 Å². The summed E-state index contributed by atoms with van der Waals surface area (Å²) in [5, 5.41) is 3.13. The first kappa shape index (κ1) is 8.26. The zero-order valence-corrected chi connectivity index (χ0v) is 7.91. The maximum absolute atomic E-state index is 4.24. The Kier molecular flexibility index (Phi) is 2.02. The average Bonchev–Trinajstić information content (AvgIpc) is 2.49. The number of hydrogen-bond donors (Lipinski definition) is 1. The maximum Gasteiger partial charge on any atom is 0.0995 e. The highest BCUT2D eigenvalue weighted by Crippen LogP contribution is 2.10. The van der Waals surface area contributed by atoms with Gasteiger partial charge in [-0.15, -0.1) is 0 Å². The summed E-state index contributed by atoms with van der Waals surface area (Å²) in [4.78, 5) is 4.24. The zero-order valence-electron chi connectivity index (χ0n) is 7.91. The lowest BCUT2D eigenvalue weighted by Gasteiger charge is -2.01. The summed E-state index contributed by atoms with van der Waals surface area (Å²) in [6, 6.07) is 4.27. The molecule has 0 aromatic carbocycles. The Bertz CT molecular complexity index is 417. The predicted octanol–water partition coefficient (Wildman–Crippen LogP) is 1.36. The van der Waals surface area contributed by atoms with Gasteiger partial charge < -0.3 is 9.72 Å². The minimum Gasteiger partial charge on any atom is -0.316 e. The molecule has 0 aliphatic rings. The van der Waals surface area contributed by atoms with E-state index in [0.717, 1.165) is 12.2 Å². The second kappa shape index (κ2) is 3.18. The average molecular weight is 175 g/mol. The van der Waals surface area contributed by atoms with Crippen molar-refractivity contribution in [3.63, 3.8) is 0 Å². The van der Waals surface area contributed by atoms with Gasteiger partial charge in [-0.05, 0) is 31.7 Å². The van der Waals surface area contributed by atoms with Crippen LogP contribution in [0.3, 0.4) is 0 Å². The van der Waals surface area contributed by atoms with E-state index in [1.807, 2.05) is 30.9 Å². The Balaban J connectivity index is 2.53. The molecule has 0 unspecified atom stereocenters. The van der Waals surface area contributed by atoms with Crippen molar-refractivity contribution in [1.29, 1.82) is 0 Å². The van der Waals surface area contributed by atoms with E-state index >= 15 is 0 Å². The molecule has 2 aromatic rings. The Morgan fingerprint density at radius 2 is 2.38 bits per heavy atom. The van der Waals surface area contributed by atoms with Crippen molar-refractivity contribution in [2.24, 2.45) is 0 Å². The van der Waals surface area contributed by atoms with E-state index in [0.29, 0.717) is 0 Å². The number of rotatable bonds is 2. The van der Waals surface area contributed by atoms with E-state index in [4.69, 9.17) is 0 Å². The van der Waals surface area contributed by atoms with Gasteiger partial charge >= 0.3 is 0 Å². The monoisotopic (exact) mass is 175 g/mol. The number of nitrogens with one attached hydrogen (secondary N) is 1. The van der Waals surface area contributed by atoms with Gasteiger partial charge in [0, 0.05) is 12.7 Å². The number of aromatic nitrogens is 2. The third-order valence-electron chi connectivity index (χ3n) is 2.18. The molecule has 0 aliphatic carbocycles. The zero-order chi connectivity index (χ0) is 9.26. The van der Waals surface area contributed by atoms with Crippen LogP contribution in [0.15, 0.2) is 24.7 Å². The molecule has 0 amide bonds. The SMILES string of the molecule is CNCc1ccn2cnc(C)c2c1. The lowest BCUT2D eigenvalue weighted by Crippen LogP contribution is -2.05. The molecule has 0 fully saturated rings. The lowest BCUT2D eigenvalue weighted by atomic mass is 10.2. The van der Waals surface area contributed by atoms with Gasteiger partial charge in [0.1, 0.15) is 0 Å². The normalized spacial score (nSPS) is 10.9. The highest BCUT2D eigenvalue weighted by atomic mass is 15.0. The summed E-state index contributed by atoms with van der Waals surface area (Å²) in [5.74, 6) is 0. The number of imidazole rings is 1. The maximum atomic E-state index is 4.24. The van der Waals surface area contributed by atoms with Gasteiger partial charge in [-0.1, -0.05) is 0 Å². The molecular weight excluding hydrogens is 162 g/mol. The summed E-state index contributed by atoms with van der Waals surface area (Å²) in [5.41, 5.74) is 3.56. The van der Waals surface area contributed by atoms with Crippen LogP contribution >= 0.6 is 0 Å². The Hall–Kier alpha value is -1.35. The molecule has 0 saturated carbocycles. The summed E-state index contributed by atoms with van der Waals surface area (Å²) in [6.45, 7) is 2.93. The van der Waals surface area contributed by atoms with Crippen LogP contribution in [0.2, 0.25) is 0 Å². The van der Waals surface area contributed by atoms with Gasteiger partial charge in [-0.3, -0.25) is 0 Å². The summed E-state index contributed by atoms with van der Waals surface area (Å²) in [7, 11) is 1.95. The van der Waals surface area contributed by atoms with Gasteiger partial charge in [-0.2, -0.15) is 0 Å². The topological polar surface area (TPSA) is 29.3 Å². The molecule has 2 aromatic heterocycles. The van der Waals surface area contributed by atoms with E-state index in [-0.39, 0.29) is 0 Å². The van der Waals surface area contributed by atoms with Gasteiger partial charge in [0.25, 0.3) is 0 Å². The van der Waals surface area contributed by atoms with Crippen LogP contribution in [0.1, 0.15) is 11.3 Å². The van der Waals surface area contributed by atoms with Crippen molar-refractivity contribution < 1.29 is 0 Å². The molecule has 2 heterocycles. The number of aryl methyl sites for hydroxylation is 1.